The Kier molecular flexibility index (Phi) is 7.74. The minimum Gasteiger partial charge on any atom is -0.392 e. The monoisotopic (exact) mass is 401 g/mol. The van der Waals surface area contributed by atoms with Gasteiger partial charge in [-0.05, 0) is 37.7 Å². The Morgan fingerprint density at radius 2 is 1.77 bits per heavy atom. The van der Waals surface area contributed by atoms with Crippen LogP contribution in [0, 0.1) is 0 Å². The predicted octanol–water partition coefficient (Wildman–Crippen LogP) is 1.86. The number of hydrogen-bond donors (Lipinski definition) is 3. The van der Waals surface area contributed by atoms with E-state index in [-0.39, 0.29) is 48.9 Å². The second-order valence-corrected chi connectivity index (χ2v) is 7.57. The molecule has 0 spiro atoms. The highest BCUT2D eigenvalue weighted by molar-refractivity contribution is 5.85. The number of aliphatic hydroxyl groups excluding tert-OH is 1. The minimum absolute atomic E-state index is 0. The summed E-state index contributed by atoms with van der Waals surface area (Å²) in [7, 11) is 0. The van der Waals surface area contributed by atoms with E-state index in [1.54, 1.807) is 0 Å². The third-order valence-corrected chi connectivity index (χ3v) is 5.86. The lowest BCUT2D eigenvalue weighted by Gasteiger charge is -2.39. The van der Waals surface area contributed by atoms with Crippen LogP contribution in [0.25, 0.3) is 0 Å². The van der Waals surface area contributed by atoms with Gasteiger partial charge < -0.3 is 15.7 Å². The lowest BCUT2D eigenvalue weighted by Crippen LogP contribution is -2.52. The van der Waals surface area contributed by atoms with Crippen LogP contribution >= 0.6 is 24.8 Å². The van der Waals surface area contributed by atoms with Gasteiger partial charge >= 0.3 is 0 Å². The number of amides is 1. The highest BCUT2D eigenvalue weighted by atomic mass is 35.5. The van der Waals surface area contributed by atoms with Crippen molar-refractivity contribution in [2.75, 3.05) is 6.54 Å². The van der Waals surface area contributed by atoms with E-state index >= 15 is 0 Å². The molecular formula is C19H29Cl2N3O2. The van der Waals surface area contributed by atoms with Crippen LogP contribution < -0.4 is 10.6 Å². The Morgan fingerprint density at radius 3 is 2.35 bits per heavy atom. The van der Waals surface area contributed by atoms with Crippen LogP contribution in [0.1, 0.15) is 37.7 Å². The molecule has 1 amide bonds. The van der Waals surface area contributed by atoms with E-state index in [4.69, 9.17) is 0 Å². The van der Waals surface area contributed by atoms with Crippen LogP contribution in [0.5, 0.6) is 0 Å². The highest BCUT2D eigenvalue weighted by Gasteiger charge is 2.41. The first-order valence-electron chi connectivity index (χ1n) is 9.20. The van der Waals surface area contributed by atoms with E-state index < -0.39 is 0 Å². The van der Waals surface area contributed by atoms with Crippen molar-refractivity contribution in [3.63, 3.8) is 0 Å². The first-order chi connectivity index (χ1) is 11.7. The number of carbonyl (C=O) groups is 1. The molecule has 3 saturated heterocycles. The summed E-state index contributed by atoms with van der Waals surface area (Å²) >= 11 is 0. The molecule has 3 heterocycles. The number of fused-ring (bicyclic) bond motifs is 2. The Hall–Kier alpha value is -0.850. The van der Waals surface area contributed by atoms with Crippen LogP contribution in [-0.4, -0.2) is 52.7 Å². The van der Waals surface area contributed by atoms with E-state index in [9.17, 15) is 9.90 Å². The number of β-amino-alcohol motifs (C(OH)–C–C–N with tert-alkyl or cyclic N) is 1. The highest BCUT2D eigenvalue weighted by Crippen LogP contribution is 2.36. The number of benzene rings is 1. The van der Waals surface area contributed by atoms with Crippen molar-refractivity contribution in [3.8, 4) is 0 Å². The molecule has 0 aromatic heterocycles. The van der Waals surface area contributed by atoms with Gasteiger partial charge in [0.05, 0.1) is 12.1 Å². The van der Waals surface area contributed by atoms with Gasteiger partial charge in [-0.25, -0.2) is 0 Å². The van der Waals surface area contributed by atoms with Crippen molar-refractivity contribution in [2.45, 2.75) is 68.9 Å². The fourth-order valence-electron chi connectivity index (χ4n) is 4.66. The minimum atomic E-state index is -0.385. The lowest BCUT2D eigenvalue weighted by molar-refractivity contribution is -0.124. The summed E-state index contributed by atoms with van der Waals surface area (Å²) in [4.78, 5) is 15.0. The van der Waals surface area contributed by atoms with Crippen LogP contribution in [0.2, 0.25) is 0 Å². The summed E-state index contributed by atoms with van der Waals surface area (Å²) in [5.41, 5.74) is 1.38. The van der Waals surface area contributed by atoms with Crippen molar-refractivity contribution in [1.82, 2.24) is 15.5 Å². The summed E-state index contributed by atoms with van der Waals surface area (Å²) in [5.74, 6) is 0.0625. The number of piperidine rings is 1. The van der Waals surface area contributed by atoms with Gasteiger partial charge in [0.2, 0.25) is 5.91 Å². The molecule has 0 aliphatic carbocycles. The molecule has 3 fully saturated rings. The third kappa shape index (κ3) is 4.70. The molecule has 5 nitrogen and oxygen atoms in total. The summed E-state index contributed by atoms with van der Waals surface area (Å²) in [6.45, 7) is 1.55. The molecule has 1 aromatic carbocycles. The molecule has 0 saturated carbocycles. The Bertz CT molecular complexity index is 575. The number of carbonyl (C=O) groups excluding carboxylic acids is 1. The average Bonchev–Trinajstić information content (AvgIpc) is 3.10. The van der Waals surface area contributed by atoms with Gasteiger partial charge in [-0.1, -0.05) is 30.3 Å². The van der Waals surface area contributed by atoms with Crippen molar-refractivity contribution >= 4 is 30.7 Å². The standard InChI is InChI=1S/C19H27N3O2.2ClH/c23-17-10-18(20-11-17)19(24)21-14-8-15-6-7-16(9-14)22(15)12-13-4-2-1-3-5-13;;/h1-5,14-18,20,23H,6-12H2,(H,21,24);2*1H. The van der Waals surface area contributed by atoms with Gasteiger partial charge in [-0.15, -0.1) is 24.8 Å². The largest absolute Gasteiger partial charge is 0.392 e. The normalized spacial score (nSPS) is 33.2. The van der Waals surface area contributed by atoms with E-state index in [0.29, 0.717) is 25.0 Å². The maximum Gasteiger partial charge on any atom is 0.237 e. The molecule has 0 radical (unpaired) electrons. The molecular weight excluding hydrogens is 373 g/mol. The summed E-state index contributed by atoms with van der Waals surface area (Å²) in [5, 5.41) is 15.9. The zero-order valence-corrected chi connectivity index (χ0v) is 16.5. The first kappa shape index (κ1) is 21.5. The molecule has 146 valence electrons. The number of rotatable bonds is 4. The molecule has 2 bridgehead atoms. The maximum absolute atomic E-state index is 12.4. The third-order valence-electron chi connectivity index (χ3n) is 5.86. The Balaban J connectivity index is 0.00000121. The molecule has 3 N–H and O–H groups in total. The van der Waals surface area contributed by atoms with Gasteiger partial charge in [0.15, 0.2) is 0 Å². The number of halogens is 2. The summed E-state index contributed by atoms with van der Waals surface area (Å²) < 4.78 is 0. The molecule has 4 atom stereocenters. The first-order valence-corrected chi connectivity index (χ1v) is 9.20. The van der Waals surface area contributed by atoms with Gasteiger partial charge in [-0.2, -0.15) is 0 Å². The Morgan fingerprint density at radius 1 is 1.12 bits per heavy atom. The number of nitrogens with zero attached hydrogens (tertiary/aromatic N) is 1. The molecule has 7 heteroatoms. The van der Waals surface area contributed by atoms with Gasteiger partial charge in [0.25, 0.3) is 0 Å². The zero-order valence-electron chi connectivity index (χ0n) is 14.8. The number of aliphatic hydroxyl groups is 1. The van der Waals surface area contributed by atoms with Crippen LogP contribution in [0.15, 0.2) is 30.3 Å². The van der Waals surface area contributed by atoms with Gasteiger partial charge in [0, 0.05) is 31.2 Å². The van der Waals surface area contributed by atoms with Crippen molar-refractivity contribution < 1.29 is 9.90 Å². The topological polar surface area (TPSA) is 64.6 Å². The number of hydrogen-bond acceptors (Lipinski definition) is 4. The van der Waals surface area contributed by atoms with Crippen LogP contribution in [0.4, 0.5) is 0 Å². The van der Waals surface area contributed by atoms with Crippen molar-refractivity contribution in [1.29, 1.82) is 0 Å². The fraction of sp³-hybridized carbons (Fsp3) is 0.632. The Labute approximate surface area is 167 Å². The maximum atomic E-state index is 12.4. The molecule has 3 aliphatic rings. The van der Waals surface area contributed by atoms with Crippen molar-refractivity contribution in [2.24, 2.45) is 0 Å². The quantitative estimate of drug-likeness (QED) is 0.720. The number of nitrogens with one attached hydrogen (secondary N) is 2. The van der Waals surface area contributed by atoms with E-state index in [1.165, 1.54) is 18.4 Å². The lowest BCUT2D eigenvalue weighted by atomic mass is 9.96. The van der Waals surface area contributed by atoms with E-state index in [2.05, 4.69) is 45.9 Å². The van der Waals surface area contributed by atoms with Gasteiger partial charge in [-0.3, -0.25) is 9.69 Å². The molecule has 26 heavy (non-hydrogen) atoms. The fourth-order valence-corrected chi connectivity index (χ4v) is 4.66. The van der Waals surface area contributed by atoms with Crippen molar-refractivity contribution in [3.05, 3.63) is 35.9 Å². The smallest absolute Gasteiger partial charge is 0.237 e. The van der Waals surface area contributed by atoms with E-state index in [1.807, 2.05) is 0 Å². The zero-order chi connectivity index (χ0) is 16.5. The predicted molar refractivity (Wildman–Crippen MR) is 107 cm³/mol. The van der Waals surface area contributed by atoms with Gasteiger partial charge in [0.1, 0.15) is 0 Å². The average molecular weight is 402 g/mol. The second kappa shape index (κ2) is 9.38. The second-order valence-electron chi connectivity index (χ2n) is 7.57. The van der Waals surface area contributed by atoms with E-state index in [0.717, 1.165) is 19.4 Å². The molecule has 4 rings (SSSR count). The van der Waals surface area contributed by atoms with Crippen LogP contribution in [-0.2, 0) is 11.3 Å². The van der Waals surface area contributed by atoms with Crippen LogP contribution in [0.3, 0.4) is 0 Å². The summed E-state index contributed by atoms with van der Waals surface area (Å²) in [6, 6.07) is 11.9. The SMILES string of the molecule is Cl.Cl.O=C(NC1CC2CCC(C1)N2Cc1ccccc1)C1CC(O)CN1. The molecule has 1 aromatic rings. The molecule has 3 aliphatic heterocycles. The summed E-state index contributed by atoms with van der Waals surface area (Å²) in [6.07, 6.45) is 4.72. The molecule has 4 unspecified atom stereocenters.